The number of pyridine rings is 1. The number of rotatable bonds is 2. The van der Waals surface area contributed by atoms with E-state index in [1.54, 1.807) is 6.07 Å². The van der Waals surface area contributed by atoms with Gasteiger partial charge in [0.25, 0.3) is 0 Å². The Hall–Kier alpha value is -0.650. The second-order valence-electron chi connectivity index (χ2n) is 4.31. The number of hydrogen-bond donors (Lipinski definition) is 2. The predicted octanol–water partition coefficient (Wildman–Crippen LogP) is 2.71. The summed E-state index contributed by atoms with van der Waals surface area (Å²) in [6, 6.07) is 1.65. The van der Waals surface area contributed by atoms with Gasteiger partial charge in [-0.15, -0.1) is 0 Å². The molecule has 1 aliphatic carbocycles. The number of hydrogen-bond acceptors (Lipinski definition) is 3. The number of nitrogens with one attached hydrogen (secondary N) is 1. The van der Waals surface area contributed by atoms with Gasteiger partial charge in [-0.2, -0.15) is 0 Å². The smallest absolute Gasteiger partial charge is 0.244 e. The Morgan fingerprint density at radius 2 is 2.18 bits per heavy atom. The standard InChI is InChI=1S/C11H13BrClN3O/c12-9-8(5-7(13)6-15-9)16-10(17)11(14)3-1-2-4-11/h5-6H,1-4,14H2,(H,16,17). The molecule has 2 rings (SSSR count). The molecule has 0 aliphatic heterocycles. The van der Waals surface area contributed by atoms with E-state index in [4.69, 9.17) is 17.3 Å². The Bertz CT molecular complexity index is 446. The average molecular weight is 319 g/mol. The zero-order chi connectivity index (χ0) is 12.5. The van der Waals surface area contributed by atoms with Crippen molar-refractivity contribution in [3.8, 4) is 0 Å². The molecule has 17 heavy (non-hydrogen) atoms. The molecule has 3 N–H and O–H groups in total. The molecule has 0 atom stereocenters. The van der Waals surface area contributed by atoms with Gasteiger partial charge in [-0.25, -0.2) is 4.98 Å². The van der Waals surface area contributed by atoms with Gasteiger partial charge in [0, 0.05) is 6.20 Å². The van der Waals surface area contributed by atoms with Crippen LogP contribution in [0.3, 0.4) is 0 Å². The first-order chi connectivity index (χ1) is 8.01. The predicted molar refractivity (Wildman–Crippen MR) is 71.0 cm³/mol. The minimum atomic E-state index is -0.748. The van der Waals surface area contributed by atoms with Crippen molar-refractivity contribution in [2.75, 3.05) is 5.32 Å². The number of nitrogens with zero attached hydrogens (tertiary/aromatic N) is 1. The quantitative estimate of drug-likeness (QED) is 0.824. The Morgan fingerprint density at radius 1 is 1.53 bits per heavy atom. The van der Waals surface area contributed by atoms with Gasteiger partial charge >= 0.3 is 0 Å². The van der Waals surface area contributed by atoms with Crippen molar-refractivity contribution < 1.29 is 4.79 Å². The van der Waals surface area contributed by atoms with Crippen molar-refractivity contribution in [3.63, 3.8) is 0 Å². The molecule has 1 amide bonds. The fourth-order valence-corrected chi connectivity index (χ4v) is 2.46. The van der Waals surface area contributed by atoms with Gasteiger partial charge in [-0.1, -0.05) is 24.4 Å². The lowest BCUT2D eigenvalue weighted by Gasteiger charge is -2.22. The maximum atomic E-state index is 12.1. The largest absolute Gasteiger partial charge is 0.322 e. The second kappa shape index (κ2) is 4.92. The minimum Gasteiger partial charge on any atom is -0.322 e. The SMILES string of the molecule is NC1(C(=O)Nc2cc(Cl)cnc2Br)CCCC1. The summed E-state index contributed by atoms with van der Waals surface area (Å²) < 4.78 is 0.553. The van der Waals surface area contributed by atoms with Crippen LogP contribution in [0.5, 0.6) is 0 Å². The molecular formula is C11H13BrClN3O. The van der Waals surface area contributed by atoms with Crippen LogP contribution >= 0.6 is 27.5 Å². The monoisotopic (exact) mass is 317 g/mol. The van der Waals surface area contributed by atoms with Gasteiger partial charge in [0.15, 0.2) is 0 Å². The van der Waals surface area contributed by atoms with Crippen LogP contribution in [0.15, 0.2) is 16.9 Å². The number of carbonyl (C=O) groups excluding carboxylic acids is 1. The molecule has 1 aliphatic rings. The summed E-state index contributed by atoms with van der Waals surface area (Å²) in [5.74, 6) is -0.167. The summed E-state index contributed by atoms with van der Waals surface area (Å²) in [6.07, 6.45) is 4.96. The van der Waals surface area contributed by atoms with Crippen LogP contribution in [0.2, 0.25) is 5.02 Å². The molecule has 1 heterocycles. The van der Waals surface area contributed by atoms with Crippen molar-refractivity contribution in [1.29, 1.82) is 0 Å². The maximum absolute atomic E-state index is 12.1. The third-order valence-corrected chi connectivity index (χ3v) is 3.84. The van der Waals surface area contributed by atoms with Crippen molar-refractivity contribution in [2.24, 2.45) is 5.73 Å². The second-order valence-corrected chi connectivity index (χ2v) is 5.50. The normalized spacial score (nSPS) is 18.1. The fraction of sp³-hybridized carbons (Fsp3) is 0.455. The molecule has 92 valence electrons. The highest BCUT2D eigenvalue weighted by Crippen LogP contribution is 2.30. The summed E-state index contributed by atoms with van der Waals surface area (Å²) in [4.78, 5) is 16.1. The third-order valence-electron chi connectivity index (χ3n) is 3.00. The fourth-order valence-electron chi connectivity index (χ4n) is 1.99. The van der Waals surface area contributed by atoms with Crippen LogP contribution in [0.25, 0.3) is 0 Å². The van der Waals surface area contributed by atoms with Crippen LogP contribution in [0, 0.1) is 0 Å². The summed E-state index contributed by atoms with van der Waals surface area (Å²) in [7, 11) is 0. The van der Waals surface area contributed by atoms with E-state index >= 15 is 0 Å². The summed E-state index contributed by atoms with van der Waals surface area (Å²) in [5, 5.41) is 3.25. The molecule has 6 heteroatoms. The van der Waals surface area contributed by atoms with E-state index in [0.717, 1.165) is 25.7 Å². The van der Waals surface area contributed by atoms with Crippen LogP contribution in [-0.4, -0.2) is 16.4 Å². The zero-order valence-corrected chi connectivity index (χ0v) is 11.5. The summed E-state index contributed by atoms with van der Waals surface area (Å²) in [6.45, 7) is 0. The van der Waals surface area contributed by atoms with Crippen LogP contribution in [-0.2, 0) is 4.79 Å². The van der Waals surface area contributed by atoms with Gasteiger partial charge in [-0.05, 0) is 34.8 Å². The molecule has 0 saturated heterocycles. The van der Waals surface area contributed by atoms with Crippen LogP contribution in [0.4, 0.5) is 5.69 Å². The van der Waals surface area contributed by atoms with E-state index in [-0.39, 0.29) is 5.91 Å². The number of carbonyl (C=O) groups is 1. The first kappa shape index (κ1) is 12.8. The lowest BCUT2D eigenvalue weighted by atomic mass is 9.98. The van der Waals surface area contributed by atoms with E-state index in [9.17, 15) is 4.79 Å². The van der Waals surface area contributed by atoms with Gasteiger partial charge in [0.05, 0.1) is 16.2 Å². The van der Waals surface area contributed by atoms with E-state index in [2.05, 4.69) is 26.2 Å². The average Bonchev–Trinajstić information content (AvgIpc) is 2.72. The molecule has 0 spiro atoms. The van der Waals surface area contributed by atoms with Crippen molar-refractivity contribution in [3.05, 3.63) is 21.9 Å². The van der Waals surface area contributed by atoms with Crippen LogP contribution in [0.1, 0.15) is 25.7 Å². The van der Waals surface area contributed by atoms with Gasteiger partial charge in [0.2, 0.25) is 5.91 Å². The molecule has 4 nitrogen and oxygen atoms in total. The summed E-state index contributed by atoms with van der Waals surface area (Å²) in [5.41, 5.74) is 5.86. The van der Waals surface area contributed by atoms with Crippen molar-refractivity contribution >= 4 is 39.1 Å². The molecule has 0 bridgehead atoms. The Kier molecular flexibility index (Phi) is 3.70. The number of anilines is 1. The molecule has 0 aromatic carbocycles. The van der Waals surface area contributed by atoms with Crippen molar-refractivity contribution in [2.45, 2.75) is 31.2 Å². The van der Waals surface area contributed by atoms with E-state index < -0.39 is 5.54 Å². The van der Waals surface area contributed by atoms with Crippen LogP contribution < -0.4 is 11.1 Å². The molecule has 1 fully saturated rings. The first-order valence-electron chi connectivity index (χ1n) is 5.43. The highest BCUT2D eigenvalue weighted by atomic mass is 79.9. The van der Waals surface area contributed by atoms with Gasteiger partial charge < -0.3 is 11.1 Å². The van der Waals surface area contributed by atoms with Gasteiger partial charge in [-0.3, -0.25) is 4.79 Å². The highest BCUT2D eigenvalue weighted by Gasteiger charge is 2.37. The zero-order valence-electron chi connectivity index (χ0n) is 9.17. The Morgan fingerprint density at radius 3 is 2.82 bits per heavy atom. The molecular weight excluding hydrogens is 305 g/mol. The third kappa shape index (κ3) is 2.78. The number of nitrogens with two attached hydrogens (primary N) is 1. The molecule has 1 saturated carbocycles. The first-order valence-corrected chi connectivity index (χ1v) is 6.60. The minimum absolute atomic E-state index is 0.167. The van der Waals surface area contributed by atoms with E-state index in [0.29, 0.717) is 15.3 Å². The summed E-state index contributed by atoms with van der Waals surface area (Å²) >= 11 is 9.09. The Labute approximate surface area is 113 Å². The Balaban J connectivity index is 2.15. The topological polar surface area (TPSA) is 68.0 Å². The maximum Gasteiger partial charge on any atom is 0.244 e. The lowest BCUT2D eigenvalue weighted by Crippen LogP contribution is -2.48. The molecule has 1 aromatic rings. The molecule has 0 radical (unpaired) electrons. The molecule has 0 unspecified atom stereocenters. The molecule has 1 aromatic heterocycles. The number of aromatic nitrogens is 1. The van der Waals surface area contributed by atoms with Gasteiger partial charge in [0.1, 0.15) is 4.60 Å². The van der Waals surface area contributed by atoms with Crippen molar-refractivity contribution in [1.82, 2.24) is 4.98 Å². The van der Waals surface area contributed by atoms with E-state index in [1.807, 2.05) is 0 Å². The number of halogens is 2. The highest BCUT2D eigenvalue weighted by molar-refractivity contribution is 9.10. The number of amides is 1. The van der Waals surface area contributed by atoms with E-state index in [1.165, 1.54) is 6.20 Å². The lowest BCUT2D eigenvalue weighted by molar-refractivity contribution is -0.121.